The zero-order valence-corrected chi connectivity index (χ0v) is 9.95. The second-order valence-corrected chi connectivity index (χ2v) is 4.22. The van der Waals surface area contributed by atoms with Crippen molar-refractivity contribution < 1.29 is 15.1 Å². The summed E-state index contributed by atoms with van der Waals surface area (Å²) in [7, 11) is 0. The van der Waals surface area contributed by atoms with E-state index < -0.39 is 11.9 Å². The molecule has 0 amide bonds. The third kappa shape index (κ3) is 2.51. The summed E-state index contributed by atoms with van der Waals surface area (Å²) in [6.07, 6.45) is 0.242. The maximum atomic E-state index is 10.8. The first-order valence-electron chi connectivity index (χ1n) is 5.64. The Labute approximate surface area is 104 Å². The summed E-state index contributed by atoms with van der Waals surface area (Å²) in [5.74, 6) is -1.45. The highest BCUT2D eigenvalue weighted by Gasteiger charge is 2.16. The fourth-order valence-electron chi connectivity index (χ4n) is 1.70. The monoisotopic (exact) mass is 246 g/mol. The highest BCUT2D eigenvalue weighted by Crippen LogP contribution is 2.19. The number of hydrogen-bond donors (Lipinski definition) is 2. The van der Waals surface area contributed by atoms with E-state index in [4.69, 9.17) is 5.11 Å². The predicted molar refractivity (Wildman–Crippen MR) is 65.4 cm³/mol. The quantitative estimate of drug-likeness (QED) is 0.809. The molecule has 0 spiro atoms. The van der Waals surface area contributed by atoms with Crippen LogP contribution in [-0.2, 0) is 11.2 Å². The Morgan fingerprint density at radius 1 is 1.39 bits per heavy atom. The SMILES string of the molecule is CC(Cc1cc(-c2ccccc2)nn1O)C(=O)O. The van der Waals surface area contributed by atoms with E-state index in [1.54, 1.807) is 13.0 Å². The van der Waals surface area contributed by atoms with Crippen LogP contribution in [0.25, 0.3) is 11.3 Å². The van der Waals surface area contributed by atoms with Crippen molar-refractivity contribution in [3.8, 4) is 11.3 Å². The van der Waals surface area contributed by atoms with Crippen LogP contribution in [0.3, 0.4) is 0 Å². The molecular formula is C13H14N2O3. The van der Waals surface area contributed by atoms with Crippen molar-refractivity contribution in [3.05, 3.63) is 42.1 Å². The van der Waals surface area contributed by atoms with Gasteiger partial charge in [-0.2, -0.15) is 0 Å². The normalized spacial score (nSPS) is 12.3. The largest absolute Gasteiger partial charge is 0.481 e. The minimum Gasteiger partial charge on any atom is -0.481 e. The summed E-state index contributed by atoms with van der Waals surface area (Å²) < 4.78 is 0. The number of aliphatic carboxylic acids is 1. The Balaban J connectivity index is 2.25. The molecule has 1 atom stereocenters. The van der Waals surface area contributed by atoms with Crippen molar-refractivity contribution in [1.29, 1.82) is 0 Å². The molecule has 5 heteroatoms. The zero-order chi connectivity index (χ0) is 13.1. The third-order valence-electron chi connectivity index (χ3n) is 2.77. The molecule has 18 heavy (non-hydrogen) atoms. The molecule has 0 aliphatic rings. The molecule has 0 radical (unpaired) electrons. The van der Waals surface area contributed by atoms with Gasteiger partial charge in [-0.05, 0) is 6.07 Å². The van der Waals surface area contributed by atoms with Gasteiger partial charge < -0.3 is 10.3 Å². The van der Waals surface area contributed by atoms with Gasteiger partial charge >= 0.3 is 5.97 Å². The minimum absolute atomic E-state index is 0.242. The second-order valence-electron chi connectivity index (χ2n) is 4.22. The lowest BCUT2D eigenvalue weighted by molar-refractivity contribution is -0.141. The van der Waals surface area contributed by atoms with E-state index in [0.29, 0.717) is 11.4 Å². The highest BCUT2D eigenvalue weighted by atomic mass is 16.5. The molecule has 0 aliphatic heterocycles. The molecule has 5 nitrogen and oxygen atoms in total. The Bertz CT molecular complexity index is 549. The van der Waals surface area contributed by atoms with Crippen molar-refractivity contribution in [2.75, 3.05) is 0 Å². The van der Waals surface area contributed by atoms with E-state index in [1.165, 1.54) is 0 Å². The molecule has 1 aromatic heterocycles. The van der Waals surface area contributed by atoms with Crippen molar-refractivity contribution in [1.82, 2.24) is 9.94 Å². The van der Waals surface area contributed by atoms with Gasteiger partial charge in [0.05, 0.1) is 17.3 Å². The molecule has 1 unspecified atom stereocenters. The van der Waals surface area contributed by atoms with Crippen LogP contribution in [-0.4, -0.2) is 26.2 Å². The van der Waals surface area contributed by atoms with Crippen molar-refractivity contribution >= 4 is 5.97 Å². The number of nitrogens with zero attached hydrogens (tertiary/aromatic N) is 2. The lowest BCUT2D eigenvalue weighted by Crippen LogP contribution is -2.14. The maximum absolute atomic E-state index is 10.8. The Morgan fingerprint density at radius 2 is 2.06 bits per heavy atom. The molecule has 1 aromatic carbocycles. The van der Waals surface area contributed by atoms with Gasteiger partial charge in [-0.15, -0.1) is 9.94 Å². The molecule has 0 saturated heterocycles. The average Bonchev–Trinajstić information content (AvgIpc) is 2.72. The minimum atomic E-state index is -0.891. The van der Waals surface area contributed by atoms with Crippen LogP contribution in [0.2, 0.25) is 0 Å². The third-order valence-corrected chi connectivity index (χ3v) is 2.77. The van der Waals surface area contributed by atoms with Crippen LogP contribution >= 0.6 is 0 Å². The van der Waals surface area contributed by atoms with E-state index in [-0.39, 0.29) is 6.42 Å². The fourth-order valence-corrected chi connectivity index (χ4v) is 1.70. The van der Waals surface area contributed by atoms with Gasteiger partial charge in [-0.3, -0.25) is 4.79 Å². The molecule has 2 rings (SSSR count). The molecule has 0 bridgehead atoms. The van der Waals surface area contributed by atoms with Gasteiger partial charge in [-0.1, -0.05) is 37.3 Å². The first-order valence-corrected chi connectivity index (χ1v) is 5.64. The van der Waals surface area contributed by atoms with Crippen molar-refractivity contribution in [2.45, 2.75) is 13.3 Å². The number of carboxylic acids is 1. The van der Waals surface area contributed by atoms with E-state index >= 15 is 0 Å². The van der Waals surface area contributed by atoms with Crippen molar-refractivity contribution in [3.63, 3.8) is 0 Å². The lowest BCUT2D eigenvalue weighted by Gasteiger charge is -2.03. The molecule has 0 aliphatic carbocycles. The molecule has 0 fully saturated rings. The molecule has 0 saturated carbocycles. The number of hydrogen-bond acceptors (Lipinski definition) is 3. The molecule has 1 heterocycles. The number of carboxylic acid groups (broad SMARTS) is 1. The van der Waals surface area contributed by atoms with Gasteiger partial charge in [-0.25, -0.2) is 0 Å². The highest BCUT2D eigenvalue weighted by molar-refractivity contribution is 5.70. The zero-order valence-electron chi connectivity index (χ0n) is 9.95. The molecular weight excluding hydrogens is 232 g/mol. The standard InChI is InChI=1S/C13H14N2O3/c1-9(13(16)17)7-11-8-12(14-15(11)18)10-5-3-2-4-6-10/h2-6,8-9,18H,7H2,1H3,(H,16,17). The summed E-state index contributed by atoms with van der Waals surface area (Å²) in [5, 5.41) is 22.5. The number of aromatic nitrogens is 2. The summed E-state index contributed by atoms with van der Waals surface area (Å²) in [4.78, 5) is 11.5. The number of carbonyl (C=O) groups is 1. The second kappa shape index (κ2) is 4.91. The number of rotatable bonds is 4. The van der Waals surface area contributed by atoms with E-state index in [9.17, 15) is 10.0 Å². The fraction of sp³-hybridized carbons (Fsp3) is 0.231. The average molecular weight is 246 g/mol. The van der Waals surface area contributed by atoms with Crippen LogP contribution in [0.5, 0.6) is 0 Å². The summed E-state index contributed by atoms with van der Waals surface area (Å²) in [6.45, 7) is 1.59. The Morgan fingerprint density at radius 3 is 2.67 bits per heavy atom. The van der Waals surface area contributed by atoms with Crippen LogP contribution < -0.4 is 0 Å². The summed E-state index contributed by atoms with van der Waals surface area (Å²) in [6, 6.07) is 11.1. The topological polar surface area (TPSA) is 75.3 Å². The van der Waals surface area contributed by atoms with Gasteiger partial charge in [0.25, 0.3) is 0 Å². The van der Waals surface area contributed by atoms with Gasteiger partial charge in [0.1, 0.15) is 0 Å². The van der Waals surface area contributed by atoms with E-state index in [0.717, 1.165) is 10.4 Å². The van der Waals surface area contributed by atoms with Crippen LogP contribution in [0, 0.1) is 5.92 Å². The van der Waals surface area contributed by atoms with Gasteiger partial charge in [0, 0.05) is 12.0 Å². The van der Waals surface area contributed by atoms with Gasteiger partial charge in [0.15, 0.2) is 0 Å². The van der Waals surface area contributed by atoms with Gasteiger partial charge in [0.2, 0.25) is 0 Å². The van der Waals surface area contributed by atoms with Crippen molar-refractivity contribution in [2.24, 2.45) is 5.92 Å². The Kier molecular flexibility index (Phi) is 3.32. The smallest absolute Gasteiger partial charge is 0.306 e. The maximum Gasteiger partial charge on any atom is 0.306 e. The van der Waals surface area contributed by atoms with Crippen LogP contribution in [0.15, 0.2) is 36.4 Å². The summed E-state index contributed by atoms with van der Waals surface area (Å²) >= 11 is 0. The Hall–Kier alpha value is -2.30. The molecule has 94 valence electrons. The summed E-state index contributed by atoms with van der Waals surface area (Å²) in [5.41, 5.74) is 2.00. The van der Waals surface area contributed by atoms with Crippen LogP contribution in [0.1, 0.15) is 12.6 Å². The van der Waals surface area contributed by atoms with E-state index in [2.05, 4.69) is 5.10 Å². The molecule has 2 aromatic rings. The van der Waals surface area contributed by atoms with E-state index in [1.807, 2.05) is 30.3 Å². The van der Waals surface area contributed by atoms with Crippen LogP contribution in [0.4, 0.5) is 0 Å². The lowest BCUT2D eigenvalue weighted by atomic mass is 10.1. The predicted octanol–water partition coefficient (Wildman–Crippen LogP) is 2.05. The first kappa shape index (κ1) is 12.2. The first-order chi connectivity index (χ1) is 8.58. The number of benzene rings is 1. The molecule has 2 N–H and O–H groups in total.